The normalized spacial score (nSPS) is 24.2. The van der Waals surface area contributed by atoms with Crippen LogP contribution in [0.5, 0.6) is 0 Å². The SMILES string of the molecule is NC1(C2(c3cc(F)c(F)cc3Br)CC2)CC1. The maximum absolute atomic E-state index is 13.3. The Kier molecular flexibility index (Phi) is 2.03. The zero-order valence-corrected chi connectivity index (χ0v) is 10.3. The molecule has 3 rings (SSSR count). The van der Waals surface area contributed by atoms with E-state index in [1.54, 1.807) is 0 Å². The Morgan fingerprint density at radius 1 is 1.06 bits per heavy atom. The second-order valence-corrected chi connectivity index (χ2v) is 5.84. The second kappa shape index (κ2) is 3.05. The summed E-state index contributed by atoms with van der Waals surface area (Å²) in [5.41, 5.74) is 6.79. The molecule has 2 aliphatic rings. The maximum Gasteiger partial charge on any atom is 0.159 e. The molecule has 1 nitrogen and oxygen atoms in total. The third kappa shape index (κ3) is 1.29. The second-order valence-electron chi connectivity index (χ2n) is 4.98. The highest BCUT2D eigenvalue weighted by Crippen LogP contribution is 2.64. The fraction of sp³-hybridized carbons (Fsp3) is 0.500. The van der Waals surface area contributed by atoms with Gasteiger partial charge in [-0.3, -0.25) is 0 Å². The van der Waals surface area contributed by atoms with Gasteiger partial charge < -0.3 is 5.73 Å². The van der Waals surface area contributed by atoms with Crippen LogP contribution in [0.15, 0.2) is 16.6 Å². The molecule has 86 valence electrons. The zero-order chi connectivity index (χ0) is 11.6. The van der Waals surface area contributed by atoms with E-state index in [4.69, 9.17) is 5.73 Å². The molecule has 0 aliphatic heterocycles. The Morgan fingerprint density at radius 2 is 1.62 bits per heavy atom. The highest BCUT2D eigenvalue weighted by molar-refractivity contribution is 9.10. The molecule has 0 atom stereocenters. The van der Waals surface area contributed by atoms with Crippen LogP contribution in [0.2, 0.25) is 0 Å². The lowest BCUT2D eigenvalue weighted by Crippen LogP contribution is -2.37. The van der Waals surface area contributed by atoms with Gasteiger partial charge in [-0.25, -0.2) is 8.78 Å². The summed E-state index contributed by atoms with van der Waals surface area (Å²) < 4.78 is 27.0. The van der Waals surface area contributed by atoms with Crippen molar-refractivity contribution in [3.63, 3.8) is 0 Å². The van der Waals surface area contributed by atoms with E-state index in [1.165, 1.54) is 12.1 Å². The van der Waals surface area contributed by atoms with Crippen molar-refractivity contribution in [2.24, 2.45) is 5.73 Å². The van der Waals surface area contributed by atoms with E-state index in [9.17, 15) is 8.78 Å². The summed E-state index contributed by atoms with van der Waals surface area (Å²) in [5, 5.41) is 0. The van der Waals surface area contributed by atoms with Gasteiger partial charge in [0.15, 0.2) is 11.6 Å². The third-order valence-corrected chi connectivity index (χ3v) is 4.67. The molecule has 1 aromatic carbocycles. The summed E-state index contributed by atoms with van der Waals surface area (Å²) in [6.45, 7) is 0. The monoisotopic (exact) mass is 287 g/mol. The molecule has 1 aromatic rings. The predicted molar refractivity (Wildman–Crippen MR) is 61.1 cm³/mol. The number of hydrogen-bond acceptors (Lipinski definition) is 1. The van der Waals surface area contributed by atoms with Crippen LogP contribution in [0.4, 0.5) is 8.78 Å². The Morgan fingerprint density at radius 3 is 2.12 bits per heavy atom. The van der Waals surface area contributed by atoms with Gasteiger partial charge in [-0.05, 0) is 43.4 Å². The molecule has 0 saturated heterocycles. The van der Waals surface area contributed by atoms with Crippen LogP contribution in [0.25, 0.3) is 0 Å². The van der Waals surface area contributed by atoms with E-state index in [1.807, 2.05) is 0 Å². The lowest BCUT2D eigenvalue weighted by atomic mass is 9.86. The summed E-state index contributed by atoms with van der Waals surface area (Å²) >= 11 is 3.32. The number of hydrogen-bond donors (Lipinski definition) is 1. The van der Waals surface area contributed by atoms with Gasteiger partial charge in [-0.15, -0.1) is 0 Å². The molecule has 2 aliphatic carbocycles. The summed E-state index contributed by atoms with van der Waals surface area (Å²) in [4.78, 5) is 0. The van der Waals surface area contributed by atoms with E-state index in [2.05, 4.69) is 15.9 Å². The molecule has 0 spiro atoms. The zero-order valence-electron chi connectivity index (χ0n) is 8.69. The van der Waals surface area contributed by atoms with Crippen molar-refractivity contribution in [3.8, 4) is 0 Å². The van der Waals surface area contributed by atoms with Gasteiger partial charge in [-0.2, -0.15) is 0 Å². The molecule has 4 heteroatoms. The third-order valence-electron chi connectivity index (χ3n) is 4.02. The first kappa shape index (κ1) is 10.7. The van der Waals surface area contributed by atoms with Crippen molar-refractivity contribution >= 4 is 15.9 Å². The average molecular weight is 288 g/mol. The first-order valence-electron chi connectivity index (χ1n) is 5.42. The Balaban J connectivity index is 2.10. The van der Waals surface area contributed by atoms with Crippen LogP contribution in [-0.4, -0.2) is 5.54 Å². The summed E-state index contributed by atoms with van der Waals surface area (Å²) in [7, 11) is 0. The molecule has 0 bridgehead atoms. The number of halogens is 3. The van der Waals surface area contributed by atoms with Crippen LogP contribution in [0.3, 0.4) is 0 Å². The van der Waals surface area contributed by atoms with Gasteiger partial charge in [0.25, 0.3) is 0 Å². The Bertz CT molecular complexity index is 464. The number of nitrogens with two attached hydrogens (primary N) is 1. The van der Waals surface area contributed by atoms with Gasteiger partial charge in [0, 0.05) is 15.4 Å². The minimum atomic E-state index is -0.812. The van der Waals surface area contributed by atoms with E-state index in [-0.39, 0.29) is 11.0 Å². The van der Waals surface area contributed by atoms with Gasteiger partial charge in [0.1, 0.15) is 0 Å². The van der Waals surface area contributed by atoms with Gasteiger partial charge in [0.2, 0.25) is 0 Å². The van der Waals surface area contributed by atoms with Crippen molar-refractivity contribution in [1.82, 2.24) is 0 Å². The molecule has 2 saturated carbocycles. The average Bonchev–Trinajstić information content (AvgIpc) is 3.07. The van der Waals surface area contributed by atoms with E-state index >= 15 is 0 Å². The van der Waals surface area contributed by atoms with Crippen LogP contribution < -0.4 is 5.73 Å². The molecule has 0 heterocycles. The molecule has 0 aromatic heterocycles. The van der Waals surface area contributed by atoms with Crippen molar-refractivity contribution in [3.05, 3.63) is 33.8 Å². The minimum absolute atomic E-state index is 0.111. The summed E-state index contributed by atoms with van der Waals surface area (Å²) in [6, 6.07) is 2.51. The minimum Gasteiger partial charge on any atom is -0.324 e. The first-order chi connectivity index (χ1) is 7.48. The fourth-order valence-electron chi connectivity index (χ4n) is 2.66. The fourth-order valence-corrected chi connectivity index (χ4v) is 3.36. The predicted octanol–water partition coefficient (Wildman–Crippen LogP) is 3.25. The number of benzene rings is 1. The molecular formula is C12H12BrF2N. The standard InChI is InChI=1S/C12H12BrF2N/c13-8-6-10(15)9(14)5-7(8)11(1-2-11)12(16)3-4-12/h5-6H,1-4,16H2. The van der Waals surface area contributed by atoms with Crippen LogP contribution in [0.1, 0.15) is 31.2 Å². The van der Waals surface area contributed by atoms with Crippen molar-refractivity contribution < 1.29 is 8.78 Å². The molecule has 0 unspecified atom stereocenters. The number of rotatable bonds is 2. The van der Waals surface area contributed by atoms with Crippen molar-refractivity contribution in [1.29, 1.82) is 0 Å². The smallest absolute Gasteiger partial charge is 0.159 e. The van der Waals surface area contributed by atoms with Gasteiger partial charge in [-0.1, -0.05) is 15.9 Å². The molecular weight excluding hydrogens is 276 g/mol. The van der Waals surface area contributed by atoms with Crippen LogP contribution in [0, 0.1) is 11.6 Å². The molecule has 16 heavy (non-hydrogen) atoms. The molecule has 2 N–H and O–H groups in total. The van der Waals surface area contributed by atoms with Crippen LogP contribution in [-0.2, 0) is 5.41 Å². The quantitative estimate of drug-likeness (QED) is 0.831. The van der Waals surface area contributed by atoms with E-state index in [0.717, 1.165) is 31.2 Å². The molecule has 0 radical (unpaired) electrons. The topological polar surface area (TPSA) is 26.0 Å². The Hall–Kier alpha value is -0.480. The lowest BCUT2D eigenvalue weighted by molar-refractivity contribution is 0.479. The van der Waals surface area contributed by atoms with Crippen LogP contribution >= 0.6 is 15.9 Å². The largest absolute Gasteiger partial charge is 0.324 e. The molecule has 2 fully saturated rings. The summed E-state index contributed by atoms with van der Waals surface area (Å²) in [5.74, 6) is -1.60. The van der Waals surface area contributed by atoms with Gasteiger partial charge in [0.05, 0.1) is 0 Å². The Labute approximate surface area is 101 Å². The highest BCUT2D eigenvalue weighted by atomic mass is 79.9. The maximum atomic E-state index is 13.3. The van der Waals surface area contributed by atoms with Crippen molar-refractivity contribution in [2.75, 3.05) is 0 Å². The van der Waals surface area contributed by atoms with Gasteiger partial charge >= 0.3 is 0 Å². The highest BCUT2D eigenvalue weighted by Gasteiger charge is 2.64. The molecule has 0 amide bonds. The van der Waals surface area contributed by atoms with E-state index in [0.29, 0.717) is 4.47 Å². The summed E-state index contributed by atoms with van der Waals surface area (Å²) in [6.07, 6.45) is 3.93. The first-order valence-corrected chi connectivity index (χ1v) is 6.22. The lowest BCUT2D eigenvalue weighted by Gasteiger charge is -2.24. The van der Waals surface area contributed by atoms with E-state index < -0.39 is 11.6 Å². The van der Waals surface area contributed by atoms with Crippen molar-refractivity contribution in [2.45, 2.75) is 36.6 Å².